The molecule has 5 nitrogen and oxygen atoms in total. The van der Waals surface area contributed by atoms with Crippen molar-refractivity contribution in [2.45, 2.75) is 60.0 Å². The van der Waals surface area contributed by atoms with Gasteiger partial charge >= 0.3 is 0 Å². The van der Waals surface area contributed by atoms with E-state index in [9.17, 15) is 0 Å². The molecule has 2 saturated heterocycles. The number of ether oxygens (including phenoxy) is 1. The lowest BCUT2D eigenvalue weighted by molar-refractivity contribution is -0.0669. The largest absolute Gasteiger partial charge is 0.379 e. The van der Waals surface area contributed by atoms with Gasteiger partial charge < -0.3 is 15.0 Å². The van der Waals surface area contributed by atoms with Crippen LogP contribution in [0.3, 0.4) is 0 Å². The number of rotatable bonds is 5. The monoisotopic (exact) mass is 466 g/mol. The molecule has 0 saturated carbocycles. The van der Waals surface area contributed by atoms with Gasteiger partial charge in [-0.3, -0.25) is 9.89 Å². The van der Waals surface area contributed by atoms with Gasteiger partial charge in [-0.1, -0.05) is 27.7 Å². The Hall–Kier alpha value is -0.0800. The number of hydrogen-bond donors (Lipinski definition) is 1. The molecule has 1 unspecified atom stereocenters. The molecule has 0 aliphatic carbocycles. The maximum atomic E-state index is 5.51. The van der Waals surface area contributed by atoms with Crippen molar-refractivity contribution in [3.05, 3.63) is 0 Å². The zero-order valence-corrected chi connectivity index (χ0v) is 19.6. The summed E-state index contributed by atoms with van der Waals surface area (Å²) in [5.74, 6) is 1.66. The summed E-state index contributed by atoms with van der Waals surface area (Å²) in [6.07, 6.45) is 0. The first-order chi connectivity index (χ1) is 11.2. The van der Waals surface area contributed by atoms with E-state index in [1.54, 1.807) is 0 Å². The Morgan fingerprint density at radius 1 is 1.16 bits per heavy atom. The second-order valence-electron chi connectivity index (χ2n) is 8.68. The minimum Gasteiger partial charge on any atom is -0.379 e. The first-order valence-electron chi connectivity index (χ1n) is 9.58. The fraction of sp³-hybridized carbons (Fsp3) is 0.947. The number of halogens is 1. The highest BCUT2D eigenvalue weighted by Gasteiger charge is 2.53. The Morgan fingerprint density at radius 3 is 2.20 bits per heavy atom. The van der Waals surface area contributed by atoms with Crippen LogP contribution in [0.1, 0.15) is 48.5 Å². The van der Waals surface area contributed by atoms with Crippen LogP contribution in [0.2, 0.25) is 0 Å². The summed E-state index contributed by atoms with van der Waals surface area (Å²) in [5.41, 5.74) is 0.463. The van der Waals surface area contributed by atoms with Crippen molar-refractivity contribution in [2.24, 2.45) is 16.3 Å². The minimum absolute atomic E-state index is 0. The van der Waals surface area contributed by atoms with E-state index in [1.165, 1.54) is 0 Å². The maximum Gasteiger partial charge on any atom is 0.194 e. The van der Waals surface area contributed by atoms with Crippen LogP contribution in [0.5, 0.6) is 0 Å². The average Bonchev–Trinajstić information content (AvgIpc) is 2.52. The van der Waals surface area contributed by atoms with Crippen LogP contribution in [-0.2, 0) is 4.74 Å². The summed E-state index contributed by atoms with van der Waals surface area (Å²) < 4.78 is 5.51. The van der Waals surface area contributed by atoms with Gasteiger partial charge in [0.15, 0.2) is 5.96 Å². The van der Waals surface area contributed by atoms with Gasteiger partial charge in [-0.15, -0.1) is 24.0 Å². The molecule has 0 aromatic rings. The topological polar surface area (TPSA) is 40.1 Å². The first kappa shape index (κ1) is 23.0. The third-order valence-electron chi connectivity index (χ3n) is 6.19. The molecule has 0 aromatic carbocycles. The van der Waals surface area contributed by atoms with E-state index in [2.05, 4.69) is 63.6 Å². The molecule has 25 heavy (non-hydrogen) atoms. The molecule has 0 amide bonds. The van der Waals surface area contributed by atoms with Crippen molar-refractivity contribution in [3.8, 4) is 0 Å². The van der Waals surface area contributed by atoms with Crippen LogP contribution < -0.4 is 5.32 Å². The molecule has 0 spiro atoms. The third-order valence-corrected chi connectivity index (χ3v) is 6.19. The maximum absolute atomic E-state index is 5.51. The molecule has 0 bridgehead atoms. The molecular formula is C19H39IN4O. The molecule has 2 aliphatic heterocycles. The molecule has 1 N–H and O–H groups in total. The lowest BCUT2D eigenvalue weighted by Gasteiger charge is -2.62. The normalized spacial score (nSPS) is 24.5. The number of likely N-dealkylation sites (tertiary alicyclic amines) is 1. The van der Waals surface area contributed by atoms with Gasteiger partial charge in [-0.05, 0) is 26.7 Å². The highest BCUT2D eigenvalue weighted by atomic mass is 127. The Morgan fingerprint density at radius 2 is 1.76 bits per heavy atom. The Kier molecular flexibility index (Phi) is 8.47. The van der Waals surface area contributed by atoms with Crippen molar-refractivity contribution < 1.29 is 4.74 Å². The summed E-state index contributed by atoms with van der Waals surface area (Å²) >= 11 is 0. The van der Waals surface area contributed by atoms with Crippen LogP contribution in [0, 0.1) is 11.3 Å². The van der Waals surface area contributed by atoms with Crippen molar-refractivity contribution >= 4 is 29.9 Å². The summed E-state index contributed by atoms with van der Waals surface area (Å²) in [6, 6.07) is 0.486. The van der Waals surface area contributed by atoms with E-state index in [0.717, 1.165) is 51.9 Å². The molecule has 2 rings (SSSR count). The number of nitrogens with one attached hydrogen (secondary N) is 1. The van der Waals surface area contributed by atoms with Crippen LogP contribution in [0.4, 0.5) is 0 Å². The number of nitrogens with zero attached hydrogens (tertiary/aromatic N) is 3. The zero-order valence-electron chi connectivity index (χ0n) is 17.3. The molecule has 2 aliphatic rings. The fourth-order valence-corrected chi connectivity index (χ4v) is 3.63. The number of morpholine rings is 1. The van der Waals surface area contributed by atoms with Gasteiger partial charge in [-0.25, -0.2) is 0 Å². The molecular weight excluding hydrogens is 427 g/mol. The minimum atomic E-state index is 0. The van der Waals surface area contributed by atoms with E-state index in [4.69, 9.17) is 9.73 Å². The molecule has 2 heterocycles. The Bertz CT molecular complexity index is 445. The van der Waals surface area contributed by atoms with Crippen LogP contribution >= 0.6 is 24.0 Å². The number of guanidine groups is 1. The molecule has 0 aromatic heterocycles. The lowest BCUT2D eigenvalue weighted by atomic mass is 9.65. The van der Waals surface area contributed by atoms with Crippen LogP contribution in [0.25, 0.3) is 0 Å². The average molecular weight is 466 g/mol. The highest BCUT2D eigenvalue weighted by molar-refractivity contribution is 14.0. The highest BCUT2D eigenvalue weighted by Crippen LogP contribution is 2.46. The predicted molar refractivity (Wildman–Crippen MR) is 117 cm³/mol. The van der Waals surface area contributed by atoms with E-state index in [1.807, 2.05) is 0 Å². The van der Waals surface area contributed by atoms with Gasteiger partial charge in [-0.2, -0.15) is 0 Å². The van der Waals surface area contributed by atoms with Gasteiger partial charge in [0.05, 0.1) is 19.8 Å². The van der Waals surface area contributed by atoms with E-state index in [0.29, 0.717) is 17.4 Å². The zero-order chi connectivity index (χ0) is 18.0. The molecule has 6 heteroatoms. The summed E-state index contributed by atoms with van der Waals surface area (Å²) in [4.78, 5) is 10.0. The first-order valence-corrected chi connectivity index (χ1v) is 9.58. The Balaban J connectivity index is 0.00000312. The molecule has 1 atom stereocenters. The number of aliphatic imine (C=N–C) groups is 1. The van der Waals surface area contributed by atoms with Gasteiger partial charge in [0.2, 0.25) is 0 Å². The third kappa shape index (κ3) is 5.01. The van der Waals surface area contributed by atoms with Crippen molar-refractivity contribution in [2.75, 3.05) is 45.9 Å². The van der Waals surface area contributed by atoms with E-state index < -0.39 is 0 Å². The molecule has 2 fully saturated rings. The SMILES string of the molecule is CCNC(=NCC(C(C)C)N1CCOCC1)N1CC(C)(C)C1(C)C.I. The summed E-state index contributed by atoms with van der Waals surface area (Å²) in [6.45, 7) is 22.7. The van der Waals surface area contributed by atoms with Gasteiger partial charge in [0, 0.05) is 43.2 Å². The standard InChI is InChI=1S/C19H38N4O.HI/c1-8-20-17(23-14-18(4,5)19(23,6)7)21-13-16(15(2)3)22-9-11-24-12-10-22;/h15-16H,8-14H2,1-7H3,(H,20,21);1H. The molecule has 148 valence electrons. The smallest absolute Gasteiger partial charge is 0.194 e. The van der Waals surface area contributed by atoms with Gasteiger partial charge in [0.25, 0.3) is 0 Å². The van der Waals surface area contributed by atoms with E-state index in [-0.39, 0.29) is 29.5 Å². The van der Waals surface area contributed by atoms with Crippen molar-refractivity contribution in [1.29, 1.82) is 0 Å². The van der Waals surface area contributed by atoms with Crippen molar-refractivity contribution in [1.82, 2.24) is 15.1 Å². The lowest BCUT2D eigenvalue weighted by Crippen LogP contribution is -2.72. The summed E-state index contributed by atoms with van der Waals surface area (Å²) in [5, 5.41) is 3.51. The predicted octanol–water partition coefficient (Wildman–Crippen LogP) is 3.05. The van der Waals surface area contributed by atoms with Crippen molar-refractivity contribution in [3.63, 3.8) is 0 Å². The molecule has 0 radical (unpaired) electrons. The van der Waals surface area contributed by atoms with Gasteiger partial charge in [0.1, 0.15) is 0 Å². The van der Waals surface area contributed by atoms with E-state index >= 15 is 0 Å². The Labute approximate surface area is 172 Å². The van der Waals surface area contributed by atoms with Crippen LogP contribution in [0.15, 0.2) is 4.99 Å². The second kappa shape index (κ2) is 9.22. The van der Waals surface area contributed by atoms with Crippen LogP contribution in [-0.4, -0.2) is 73.3 Å². The second-order valence-corrected chi connectivity index (χ2v) is 8.68. The fourth-order valence-electron chi connectivity index (χ4n) is 3.63. The number of hydrogen-bond acceptors (Lipinski definition) is 3. The quantitative estimate of drug-likeness (QED) is 0.384. The summed E-state index contributed by atoms with van der Waals surface area (Å²) in [7, 11) is 0.